The molecule has 1 aromatic heterocycles. The van der Waals surface area contributed by atoms with Gasteiger partial charge in [0.05, 0.1) is 17.8 Å². The molecule has 2 aromatic rings. The predicted molar refractivity (Wildman–Crippen MR) is 161 cm³/mol. The van der Waals surface area contributed by atoms with Crippen molar-refractivity contribution in [2.45, 2.75) is 78.1 Å². The first-order valence-corrected chi connectivity index (χ1v) is 14.8. The van der Waals surface area contributed by atoms with Crippen LogP contribution in [0, 0.1) is 17.8 Å². The summed E-state index contributed by atoms with van der Waals surface area (Å²) in [6.07, 6.45) is 6.19. The van der Waals surface area contributed by atoms with E-state index in [1.54, 1.807) is 27.2 Å². The van der Waals surface area contributed by atoms with Crippen LogP contribution < -0.4 is 16.1 Å². The number of nitrogens with zero attached hydrogens (tertiary/aromatic N) is 2. The molecule has 1 saturated heterocycles. The van der Waals surface area contributed by atoms with Crippen molar-refractivity contribution in [2.75, 3.05) is 13.7 Å². The quantitative estimate of drug-likeness (QED) is 0.499. The number of hydrogen-bond acceptors (Lipinski definition) is 7. The van der Waals surface area contributed by atoms with Crippen molar-refractivity contribution in [3.8, 4) is 0 Å². The lowest BCUT2D eigenvalue weighted by Crippen LogP contribution is -2.61. The average Bonchev–Trinajstić information content (AvgIpc) is 2.98. The van der Waals surface area contributed by atoms with E-state index in [0.29, 0.717) is 25.1 Å². The monoisotopic (exact) mass is 577 g/mol. The van der Waals surface area contributed by atoms with E-state index >= 15 is 0 Å². The second-order valence-corrected chi connectivity index (χ2v) is 11.9. The van der Waals surface area contributed by atoms with E-state index in [0.717, 1.165) is 16.3 Å². The molecule has 3 N–H and O–H groups in total. The van der Waals surface area contributed by atoms with Crippen LogP contribution in [0.25, 0.3) is 16.8 Å². The van der Waals surface area contributed by atoms with Gasteiger partial charge in [0.25, 0.3) is 5.91 Å². The minimum absolute atomic E-state index is 0.0265. The second-order valence-electron chi connectivity index (χ2n) is 11.9. The van der Waals surface area contributed by atoms with Crippen LogP contribution in [-0.4, -0.2) is 65.3 Å². The summed E-state index contributed by atoms with van der Waals surface area (Å²) in [7, 11) is 1.55. The van der Waals surface area contributed by atoms with E-state index in [2.05, 4.69) is 21.0 Å². The van der Waals surface area contributed by atoms with E-state index in [1.807, 2.05) is 57.2 Å². The number of nitrogens with one attached hydrogen (secondary N) is 3. The molecule has 10 heteroatoms. The third-order valence-corrected chi connectivity index (χ3v) is 8.42. The van der Waals surface area contributed by atoms with Crippen molar-refractivity contribution < 1.29 is 23.9 Å². The molecule has 1 aromatic carbocycles. The first-order chi connectivity index (χ1) is 20.0. The number of aromatic nitrogens is 1. The third kappa shape index (κ3) is 7.22. The Morgan fingerprint density at radius 1 is 0.976 bits per heavy atom. The number of hydrogen-bond donors (Lipinski definition) is 3. The molecule has 3 heterocycles. The van der Waals surface area contributed by atoms with Gasteiger partial charge in [-0.05, 0) is 61.8 Å². The lowest BCUT2D eigenvalue weighted by atomic mass is 9.85. The number of ether oxygens (including phenoxy) is 1. The van der Waals surface area contributed by atoms with Gasteiger partial charge in [0, 0.05) is 43.5 Å². The summed E-state index contributed by atoms with van der Waals surface area (Å²) in [6, 6.07) is 6.26. The zero-order valence-electron chi connectivity index (χ0n) is 25.3. The Kier molecular flexibility index (Phi) is 10.1. The van der Waals surface area contributed by atoms with Gasteiger partial charge in [0.1, 0.15) is 17.9 Å². The normalized spacial score (nSPS) is 29.3. The van der Waals surface area contributed by atoms with Crippen LogP contribution in [0.1, 0.15) is 71.2 Å². The Balaban J connectivity index is 1.68. The fraction of sp³-hybridized carbons (Fsp3) is 0.531. The predicted octanol–water partition coefficient (Wildman–Crippen LogP) is 3.32. The smallest absolute Gasteiger partial charge is 0.258 e. The lowest BCUT2D eigenvalue weighted by Gasteiger charge is -2.35. The summed E-state index contributed by atoms with van der Waals surface area (Å²) in [4.78, 5) is 57.7. The Morgan fingerprint density at radius 2 is 1.71 bits per heavy atom. The molecule has 4 rings (SSSR count). The number of carbonyl (C=O) groups excluding carboxylic acids is 4. The van der Waals surface area contributed by atoms with Crippen molar-refractivity contribution in [3.05, 3.63) is 47.8 Å². The minimum atomic E-state index is -0.833. The number of Topliss-reactive ketones (excluding diaryl/α,β-unsaturated/α-hetero) is 1. The number of amides is 3. The number of methoxy groups -OCH3 is 1. The number of pyridine rings is 1. The topological polar surface area (TPSA) is 130 Å². The number of benzene rings is 1. The van der Waals surface area contributed by atoms with Crippen LogP contribution in [0.15, 0.2) is 36.5 Å². The molecule has 42 heavy (non-hydrogen) atoms. The first kappa shape index (κ1) is 31.3. The Bertz CT molecular complexity index is 1360. The summed E-state index contributed by atoms with van der Waals surface area (Å²) in [6.45, 7) is 9.55. The Morgan fingerprint density at radius 3 is 2.43 bits per heavy atom. The number of fused-ring (bicyclic) bond motifs is 4. The van der Waals surface area contributed by atoms with Crippen molar-refractivity contribution in [2.24, 2.45) is 17.8 Å². The van der Waals surface area contributed by atoms with Crippen molar-refractivity contribution in [1.82, 2.24) is 26.1 Å². The van der Waals surface area contributed by atoms with Crippen molar-refractivity contribution in [3.63, 3.8) is 0 Å². The van der Waals surface area contributed by atoms with Crippen LogP contribution in [-0.2, 0) is 23.9 Å². The molecule has 0 spiro atoms. The molecule has 0 radical (unpaired) electrons. The molecular weight excluding hydrogens is 534 g/mol. The number of rotatable bonds is 2. The molecule has 226 valence electrons. The van der Waals surface area contributed by atoms with Crippen molar-refractivity contribution >= 4 is 40.4 Å². The maximum atomic E-state index is 13.4. The van der Waals surface area contributed by atoms with E-state index < -0.39 is 30.0 Å². The molecule has 6 atom stereocenters. The summed E-state index contributed by atoms with van der Waals surface area (Å²) in [5, 5.41) is 9.25. The van der Waals surface area contributed by atoms with Gasteiger partial charge in [-0.25, -0.2) is 5.43 Å². The Hall–Kier alpha value is -3.63. The standard InChI is InChI=1S/C32H43N5O5/c1-18(2)26-16-28(38)19(3)29(42-6)12-11-25-15-24-14-22(9-10-23(24)17-33-25)20(4)34-31(40)27-8-7-13-37(36-27)32(41)21(5)35-30(26)39/h9-12,14-15,17-21,26-27,29,36H,7-8,13,16H2,1-6H3,(H,34,40)(H,35,39)/b12-11+/t19-,20+,21-,26-,27-,29+/m0/s1. The van der Waals surface area contributed by atoms with E-state index in [9.17, 15) is 19.2 Å². The average molecular weight is 578 g/mol. The third-order valence-electron chi connectivity index (χ3n) is 8.42. The second kappa shape index (κ2) is 13.6. The van der Waals surface area contributed by atoms with Crippen LogP contribution in [0.4, 0.5) is 0 Å². The van der Waals surface area contributed by atoms with Gasteiger partial charge in [0.2, 0.25) is 11.8 Å². The van der Waals surface area contributed by atoms with E-state index in [-0.39, 0.29) is 41.9 Å². The maximum absolute atomic E-state index is 13.4. The molecule has 2 aliphatic rings. The number of ketones is 1. The Labute approximate surface area is 247 Å². The summed E-state index contributed by atoms with van der Waals surface area (Å²) >= 11 is 0. The zero-order valence-corrected chi connectivity index (χ0v) is 25.3. The molecule has 5 bridgehead atoms. The maximum Gasteiger partial charge on any atom is 0.258 e. The van der Waals surface area contributed by atoms with E-state index in [1.165, 1.54) is 5.01 Å². The van der Waals surface area contributed by atoms with Crippen LogP contribution in [0.5, 0.6) is 0 Å². The highest BCUT2D eigenvalue weighted by Crippen LogP contribution is 2.24. The fourth-order valence-corrected chi connectivity index (χ4v) is 5.54. The van der Waals surface area contributed by atoms with Gasteiger partial charge in [0.15, 0.2) is 0 Å². The minimum Gasteiger partial charge on any atom is -0.377 e. The fourth-order valence-electron chi connectivity index (χ4n) is 5.54. The molecule has 0 aliphatic carbocycles. The lowest BCUT2D eigenvalue weighted by molar-refractivity contribution is -0.144. The first-order valence-electron chi connectivity index (χ1n) is 14.8. The highest BCUT2D eigenvalue weighted by atomic mass is 16.5. The SMILES string of the molecule is CO[C@@H]1/C=C/c2cc3cc(ccc3cn2)[C@@H](C)NC(=O)[C@@H]2CCCN(N2)C(=O)[C@H](C)NC(=O)[C@H](C(C)C)CC(=O)[C@@H]1C. The number of hydrazine groups is 1. The number of carbonyl (C=O) groups is 4. The van der Waals surface area contributed by atoms with Gasteiger partial charge in [-0.1, -0.05) is 39.0 Å². The summed E-state index contributed by atoms with van der Waals surface area (Å²) < 4.78 is 5.65. The van der Waals surface area contributed by atoms with Crippen LogP contribution in [0.2, 0.25) is 0 Å². The summed E-state index contributed by atoms with van der Waals surface area (Å²) in [5.74, 6) is -2.21. The van der Waals surface area contributed by atoms with Gasteiger partial charge in [-0.2, -0.15) is 0 Å². The molecule has 0 unspecified atom stereocenters. The molecule has 1 fully saturated rings. The van der Waals surface area contributed by atoms with Crippen LogP contribution in [0.3, 0.4) is 0 Å². The molecule has 10 nitrogen and oxygen atoms in total. The highest BCUT2D eigenvalue weighted by Gasteiger charge is 2.34. The zero-order chi connectivity index (χ0) is 30.6. The molecule has 2 aliphatic heterocycles. The largest absolute Gasteiger partial charge is 0.377 e. The molecule has 3 amide bonds. The van der Waals surface area contributed by atoms with Crippen LogP contribution >= 0.6 is 0 Å². The van der Waals surface area contributed by atoms with Gasteiger partial charge in [-0.3, -0.25) is 29.2 Å². The van der Waals surface area contributed by atoms with Gasteiger partial charge < -0.3 is 15.4 Å². The summed E-state index contributed by atoms with van der Waals surface area (Å²) in [5.41, 5.74) is 4.71. The molecular formula is C32H43N5O5. The van der Waals surface area contributed by atoms with Gasteiger partial charge >= 0.3 is 0 Å². The molecule has 0 saturated carbocycles. The van der Waals surface area contributed by atoms with Gasteiger partial charge in [-0.15, -0.1) is 0 Å². The highest BCUT2D eigenvalue weighted by molar-refractivity contribution is 5.92. The van der Waals surface area contributed by atoms with Crippen molar-refractivity contribution in [1.29, 1.82) is 0 Å². The van der Waals surface area contributed by atoms with E-state index in [4.69, 9.17) is 4.74 Å².